The third kappa shape index (κ3) is 6.23. The highest BCUT2D eigenvalue weighted by atomic mass is 16.5. The number of aromatic nitrogens is 2. The van der Waals surface area contributed by atoms with E-state index in [9.17, 15) is 9.59 Å². The summed E-state index contributed by atoms with van der Waals surface area (Å²) < 4.78 is 22.1. The number of benzene rings is 2. The number of furan rings is 1. The molecule has 7 nitrogen and oxygen atoms in total. The average Bonchev–Trinajstić information content (AvgIpc) is 3.29. The van der Waals surface area contributed by atoms with Crippen molar-refractivity contribution in [2.45, 2.75) is 51.1 Å². The fourth-order valence-corrected chi connectivity index (χ4v) is 4.50. The number of aromatic amines is 1. The van der Waals surface area contributed by atoms with Crippen LogP contribution < -0.4 is 10.3 Å². The van der Waals surface area contributed by atoms with Crippen LogP contribution in [0.5, 0.6) is 5.75 Å². The first kappa shape index (κ1) is 23.4. The summed E-state index contributed by atoms with van der Waals surface area (Å²) >= 11 is 0. The van der Waals surface area contributed by atoms with E-state index in [2.05, 4.69) is 5.10 Å². The van der Waals surface area contributed by atoms with E-state index in [1.807, 2.05) is 55.6 Å². The number of hydrogen-bond acceptors (Lipinski definition) is 4. The van der Waals surface area contributed by atoms with Gasteiger partial charge in [0, 0.05) is 48.1 Å². The Morgan fingerprint density at radius 1 is 1.11 bits per heavy atom. The quantitative estimate of drug-likeness (QED) is 0.258. The summed E-state index contributed by atoms with van der Waals surface area (Å²) in [5.41, 5.74) is 3.29. The number of rotatable bonds is 12. The minimum Gasteiger partial charge on any atom is -0.493 e. The topological polar surface area (TPSA) is 80.5 Å². The van der Waals surface area contributed by atoms with Gasteiger partial charge in [0.1, 0.15) is 11.5 Å². The molecule has 37 heavy (non-hydrogen) atoms. The van der Waals surface area contributed by atoms with E-state index in [4.69, 9.17) is 10.5 Å². The van der Waals surface area contributed by atoms with Crippen LogP contribution >= 0.6 is 0 Å². The number of ether oxygens (including phenoxy) is 1. The molecule has 192 valence electrons. The van der Waals surface area contributed by atoms with Crippen molar-refractivity contribution in [1.29, 1.82) is 0 Å². The van der Waals surface area contributed by atoms with Crippen molar-refractivity contribution in [2.75, 3.05) is 6.61 Å². The first-order valence-corrected chi connectivity index (χ1v) is 12.8. The fourth-order valence-electron chi connectivity index (χ4n) is 4.50. The Morgan fingerprint density at radius 2 is 1.92 bits per heavy atom. The second-order valence-corrected chi connectivity index (χ2v) is 9.45. The highest BCUT2D eigenvalue weighted by Gasteiger charge is 2.33. The number of nitrogens with one attached hydrogen (secondary N) is 1. The van der Waals surface area contributed by atoms with Crippen LogP contribution in [0, 0.1) is 0 Å². The number of hydrogen-bond donors (Lipinski definition) is 1. The lowest BCUT2D eigenvalue weighted by molar-refractivity contribution is 0.0728. The third-order valence-corrected chi connectivity index (χ3v) is 6.68. The zero-order valence-electron chi connectivity index (χ0n) is 22.1. The van der Waals surface area contributed by atoms with Crippen LogP contribution in [0.2, 0.25) is 0 Å². The van der Waals surface area contributed by atoms with Gasteiger partial charge < -0.3 is 14.1 Å². The standard InChI is InChI=1S/C30H33N3O4/c1-32-26(20-29(34)31-32)9-3-2-6-18-36-28-10-5-4-8-24(28)21-33(25-16-17-25)30(35)23-14-12-22(13-15-23)27-11-7-19-37-27/h4-5,7-8,10-15,19-20,25H,2-3,6,9,16-18,21H2,1H3,(H,31,34)/i25D. The molecule has 1 N–H and O–H groups in total. The van der Waals surface area contributed by atoms with Gasteiger partial charge in [0.2, 0.25) is 0 Å². The third-order valence-electron chi connectivity index (χ3n) is 6.68. The Bertz CT molecular complexity index is 1420. The predicted molar refractivity (Wildman–Crippen MR) is 143 cm³/mol. The molecule has 2 aromatic carbocycles. The predicted octanol–water partition coefficient (Wildman–Crippen LogP) is 5.57. The van der Waals surface area contributed by atoms with Crippen LogP contribution in [-0.4, -0.2) is 33.2 Å². The number of amides is 1. The lowest BCUT2D eigenvalue weighted by Gasteiger charge is -2.24. The Morgan fingerprint density at radius 3 is 2.62 bits per heavy atom. The molecule has 1 aliphatic carbocycles. The Kier molecular flexibility index (Phi) is 7.19. The van der Waals surface area contributed by atoms with Crippen molar-refractivity contribution in [3.8, 4) is 17.1 Å². The van der Waals surface area contributed by atoms with Gasteiger partial charge >= 0.3 is 0 Å². The van der Waals surface area contributed by atoms with E-state index in [1.165, 1.54) is 0 Å². The van der Waals surface area contributed by atoms with Gasteiger partial charge in [-0.25, -0.2) is 0 Å². The van der Waals surface area contributed by atoms with Crippen molar-refractivity contribution in [2.24, 2.45) is 7.05 Å². The van der Waals surface area contributed by atoms with Gasteiger partial charge in [-0.2, -0.15) is 0 Å². The summed E-state index contributed by atoms with van der Waals surface area (Å²) in [7, 11) is 1.85. The lowest BCUT2D eigenvalue weighted by atomic mass is 10.1. The molecule has 1 saturated carbocycles. The van der Waals surface area contributed by atoms with Crippen molar-refractivity contribution in [1.82, 2.24) is 14.7 Å². The van der Waals surface area contributed by atoms with E-state index >= 15 is 0 Å². The minimum absolute atomic E-state index is 0.0680. The summed E-state index contributed by atoms with van der Waals surface area (Å²) in [6.45, 7) is 0.886. The molecule has 1 amide bonds. The molecule has 0 atom stereocenters. The van der Waals surface area contributed by atoms with Crippen molar-refractivity contribution < 1.29 is 15.3 Å². The number of carbonyl (C=O) groups is 1. The molecule has 0 aliphatic heterocycles. The zero-order valence-corrected chi connectivity index (χ0v) is 21.1. The maximum Gasteiger partial charge on any atom is 0.264 e. The molecule has 0 radical (unpaired) electrons. The number of carbonyl (C=O) groups excluding carboxylic acids is 1. The van der Waals surface area contributed by atoms with Gasteiger partial charge in [0.25, 0.3) is 11.5 Å². The number of nitrogens with zero attached hydrogens (tertiary/aromatic N) is 2. The molecule has 0 unspecified atom stereocenters. The molecule has 0 bridgehead atoms. The molecule has 5 rings (SSSR count). The van der Waals surface area contributed by atoms with Crippen LogP contribution in [-0.2, 0) is 20.0 Å². The van der Waals surface area contributed by atoms with E-state index in [0.717, 1.165) is 54.0 Å². The highest BCUT2D eigenvalue weighted by Crippen LogP contribution is 2.32. The number of aryl methyl sites for hydroxylation is 2. The second kappa shape index (κ2) is 11.4. The zero-order chi connectivity index (χ0) is 26.5. The molecule has 1 fully saturated rings. The van der Waals surface area contributed by atoms with Crippen LogP contribution in [0.1, 0.15) is 55.1 Å². The molecule has 1 aliphatic rings. The maximum absolute atomic E-state index is 13.5. The average molecular weight is 501 g/mol. The normalized spacial score (nSPS) is 14.2. The minimum atomic E-state index is -0.887. The molecule has 2 aromatic heterocycles. The summed E-state index contributed by atoms with van der Waals surface area (Å²) in [4.78, 5) is 26.6. The van der Waals surface area contributed by atoms with Crippen molar-refractivity contribution in [3.63, 3.8) is 0 Å². The Hall–Kier alpha value is -4.00. The van der Waals surface area contributed by atoms with Crippen LogP contribution in [0.4, 0.5) is 0 Å². The van der Waals surface area contributed by atoms with Crippen LogP contribution in [0.15, 0.2) is 82.2 Å². The molecular weight excluding hydrogens is 466 g/mol. The SMILES string of the molecule is [2H]C1(N(Cc2ccccc2OCCCCCc2cc(=O)[nH]n2C)C(=O)c2ccc(-c3ccco3)cc2)CC1. The van der Waals surface area contributed by atoms with Gasteiger partial charge in [-0.1, -0.05) is 30.3 Å². The summed E-state index contributed by atoms with van der Waals surface area (Å²) in [6.07, 6.45) is 6.64. The number of H-pyrrole nitrogens is 1. The lowest BCUT2D eigenvalue weighted by Crippen LogP contribution is -2.32. The van der Waals surface area contributed by atoms with E-state index < -0.39 is 6.02 Å². The van der Waals surface area contributed by atoms with Gasteiger partial charge in [0.05, 0.1) is 14.2 Å². The summed E-state index contributed by atoms with van der Waals surface area (Å²) in [6, 6.07) is 19.6. The van der Waals surface area contributed by atoms with E-state index in [1.54, 1.807) is 34.0 Å². The van der Waals surface area contributed by atoms with Crippen LogP contribution in [0.3, 0.4) is 0 Å². The van der Waals surface area contributed by atoms with Crippen molar-refractivity contribution >= 4 is 5.91 Å². The van der Waals surface area contributed by atoms with E-state index in [0.29, 0.717) is 31.6 Å². The second-order valence-electron chi connectivity index (χ2n) is 9.45. The Balaban J connectivity index is 1.19. The Labute approximate surface area is 218 Å². The number of para-hydroxylation sites is 1. The monoisotopic (exact) mass is 500 g/mol. The van der Waals surface area contributed by atoms with Gasteiger partial charge in [-0.05, 0) is 68.9 Å². The largest absolute Gasteiger partial charge is 0.493 e. The molecular formula is C30H33N3O4. The first-order valence-electron chi connectivity index (χ1n) is 13.3. The smallest absolute Gasteiger partial charge is 0.264 e. The molecule has 2 heterocycles. The first-order chi connectivity index (χ1) is 18.4. The van der Waals surface area contributed by atoms with Crippen molar-refractivity contribution in [3.05, 3.63) is 100 Å². The molecule has 7 heteroatoms. The fraction of sp³-hybridized carbons (Fsp3) is 0.333. The summed E-state index contributed by atoms with van der Waals surface area (Å²) in [5.74, 6) is 1.34. The summed E-state index contributed by atoms with van der Waals surface area (Å²) in [5, 5.41) is 2.74. The maximum atomic E-state index is 13.5. The molecule has 4 aromatic rings. The van der Waals surface area contributed by atoms with Gasteiger partial charge in [0.15, 0.2) is 0 Å². The van der Waals surface area contributed by atoms with Crippen LogP contribution in [0.25, 0.3) is 11.3 Å². The molecule has 0 spiro atoms. The van der Waals surface area contributed by atoms with E-state index in [-0.39, 0.29) is 11.5 Å². The van der Waals surface area contributed by atoms with Gasteiger partial charge in [-0.3, -0.25) is 19.4 Å². The molecule has 0 saturated heterocycles. The van der Waals surface area contributed by atoms with Gasteiger partial charge in [-0.15, -0.1) is 0 Å². The number of unbranched alkanes of at least 4 members (excludes halogenated alkanes) is 2. The highest BCUT2D eigenvalue weighted by molar-refractivity contribution is 5.95.